The fourth-order valence-corrected chi connectivity index (χ4v) is 6.11. The molecular weight excluding hydrogens is 472 g/mol. The van der Waals surface area contributed by atoms with Crippen LogP contribution >= 0.6 is 0 Å². The van der Waals surface area contributed by atoms with Gasteiger partial charge in [0.05, 0.1) is 66.1 Å². The van der Waals surface area contributed by atoms with Crippen LogP contribution < -0.4 is 0 Å². The number of hydrogen-bond acceptors (Lipinski definition) is 6. The van der Waals surface area contributed by atoms with Crippen molar-refractivity contribution in [1.29, 1.82) is 0 Å². The summed E-state index contributed by atoms with van der Waals surface area (Å²) in [6.07, 6.45) is 22.9. The summed E-state index contributed by atoms with van der Waals surface area (Å²) in [5, 5.41) is 0. The molecule has 1 aliphatic heterocycles. The highest BCUT2D eigenvalue weighted by molar-refractivity contribution is 6.71. The molecular formula is C29H58O6Si. The van der Waals surface area contributed by atoms with Crippen LogP contribution in [0.4, 0.5) is 0 Å². The lowest BCUT2D eigenvalue weighted by Gasteiger charge is -2.24. The van der Waals surface area contributed by atoms with Gasteiger partial charge in [-0.2, -0.15) is 0 Å². The Hall–Kier alpha value is -0.283. The molecule has 1 rings (SSSR count). The van der Waals surface area contributed by atoms with Crippen LogP contribution in [0.2, 0.25) is 6.55 Å². The van der Waals surface area contributed by atoms with E-state index in [-0.39, 0.29) is 0 Å². The van der Waals surface area contributed by atoms with Gasteiger partial charge >= 0.3 is 8.56 Å². The minimum absolute atomic E-state index is 0.538. The Balaban J connectivity index is 2.10. The van der Waals surface area contributed by atoms with Crippen molar-refractivity contribution in [2.24, 2.45) is 0 Å². The third-order valence-corrected chi connectivity index (χ3v) is 8.89. The van der Waals surface area contributed by atoms with Crippen LogP contribution in [0.5, 0.6) is 0 Å². The average molecular weight is 531 g/mol. The Morgan fingerprint density at radius 2 is 0.806 bits per heavy atom. The van der Waals surface area contributed by atoms with Gasteiger partial charge < -0.3 is 27.8 Å². The van der Waals surface area contributed by atoms with Gasteiger partial charge in [-0.1, -0.05) is 96.5 Å². The summed E-state index contributed by atoms with van der Waals surface area (Å²) < 4.78 is 34.5. The van der Waals surface area contributed by atoms with Crippen molar-refractivity contribution in [1.82, 2.24) is 0 Å². The minimum atomic E-state index is -2.38. The Kier molecular flexibility index (Phi) is 24.7. The third kappa shape index (κ3) is 22.9. The molecule has 7 heteroatoms. The summed E-state index contributed by atoms with van der Waals surface area (Å²) >= 11 is 0. The van der Waals surface area contributed by atoms with Gasteiger partial charge in [-0.25, -0.2) is 0 Å². The van der Waals surface area contributed by atoms with Gasteiger partial charge in [0.15, 0.2) is 0 Å². The van der Waals surface area contributed by atoms with Gasteiger partial charge in [-0.05, 0) is 25.1 Å². The molecule has 0 aromatic heterocycles. The van der Waals surface area contributed by atoms with Crippen LogP contribution in [-0.4, -0.2) is 74.6 Å². The molecule has 0 amide bonds. The van der Waals surface area contributed by atoms with E-state index >= 15 is 0 Å². The lowest BCUT2D eigenvalue weighted by molar-refractivity contribution is -0.00426. The molecule has 0 unspecified atom stereocenters. The molecule has 0 aliphatic carbocycles. The fraction of sp³-hybridized carbons (Fsp3) is 0.931. The molecule has 0 saturated carbocycles. The van der Waals surface area contributed by atoms with E-state index in [9.17, 15) is 0 Å². The van der Waals surface area contributed by atoms with Crippen LogP contribution in [-0.2, 0) is 27.8 Å². The van der Waals surface area contributed by atoms with Crippen LogP contribution in [0, 0.1) is 0 Å². The van der Waals surface area contributed by atoms with Crippen LogP contribution in [0.3, 0.4) is 0 Å². The van der Waals surface area contributed by atoms with Crippen molar-refractivity contribution in [3.8, 4) is 0 Å². The van der Waals surface area contributed by atoms with Gasteiger partial charge in [-0.15, -0.1) is 0 Å². The molecule has 0 aromatic carbocycles. The Morgan fingerprint density at radius 3 is 1.19 bits per heavy atom. The topological polar surface area (TPSA) is 55.4 Å². The second-order valence-corrected chi connectivity index (χ2v) is 12.9. The fourth-order valence-electron chi connectivity index (χ4n) is 4.26. The molecule has 0 N–H and O–H groups in total. The van der Waals surface area contributed by atoms with Gasteiger partial charge in [0.1, 0.15) is 0 Å². The highest BCUT2D eigenvalue weighted by atomic mass is 28.4. The maximum atomic E-state index is 6.16. The second kappa shape index (κ2) is 26.3. The molecule has 1 fully saturated rings. The van der Waals surface area contributed by atoms with E-state index in [2.05, 4.69) is 25.2 Å². The molecule has 214 valence electrons. The summed E-state index contributed by atoms with van der Waals surface area (Å²) in [6.45, 7) is 10.0. The minimum Gasteiger partial charge on any atom is -0.389 e. The first kappa shape index (κ1) is 33.7. The van der Waals surface area contributed by atoms with Crippen LogP contribution in [0.25, 0.3) is 0 Å². The number of rotatable bonds is 16. The van der Waals surface area contributed by atoms with E-state index in [0.29, 0.717) is 66.1 Å². The van der Waals surface area contributed by atoms with Crippen molar-refractivity contribution in [3.05, 3.63) is 11.8 Å². The maximum Gasteiger partial charge on any atom is 0.361 e. The molecule has 0 bridgehead atoms. The predicted molar refractivity (Wildman–Crippen MR) is 151 cm³/mol. The van der Waals surface area contributed by atoms with Crippen LogP contribution in [0.1, 0.15) is 103 Å². The van der Waals surface area contributed by atoms with Gasteiger partial charge in [0, 0.05) is 0 Å². The van der Waals surface area contributed by atoms with Crippen molar-refractivity contribution in [2.45, 2.75) is 110 Å². The first-order valence-corrected chi connectivity index (χ1v) is 17.4. The molecule has 0 radical (unpaired) electrons. The van der Waals surface area contributed by atoms with Crippen LogP contribution in [0.15, 0.2) is 11.8 Å². The number of ether oxygens (including phenoxy) is 4. The van der Waals surface area contributed by atoms with E-state index in [0.717, 1.165) is 6.42 Å². The summed E-state index contributed by atoms with van der Waals surface area (Å²) in [6, 6.07) is 0. The van der Waals surface area contributed by atoms with E-state index in [1.807, 2.05) is 0 Å². The highest BCUT2D eigenvalue weighted by Gasteiger charge is 2.28. The molecule has 0 aromatic rings. The first-order valence-electron chi connectivity index (χ1n) is 15.0. The number of hydrogen-bond donors (Lipinski definition) is 0. The zero-order valence-electron chi connectivity index (χ0n) is 23.8. The largest absolute Gasteiger partial charge is 0.389 e. The smallest absolute Gasteiger partial charge is 0.361 e. The molecule has 1 heterocycles. The van der Waals surface area contributed by atoms with E-state index < -0.39 is 8.56 Å². The predicted octanol–water partition coefficient (Wildman–Crippen LogP) is 7.14. The van der Waals surface area contributed by atoms with Crippen molar-refractivity contribution < 1.29 is 27.8 Å². The number of unbranched alkanes of at least 4 members (excludes halogenated alkanes) is 14. The quantitative estimate of drug-likeness (QED) is 0.156. The third-order valence-electron chi connectivity index (χ3n) is 6.49. The first-order chi connectivity index (χ1) is 17.8. The lowest BCUT2D eigenvalue weighted by Crippen LogP contribution is -2.39. The zero-order chi connectivity index (χ0) is 25.8. The molecule has 36 heavy (non-hydrogen) atoms. The highest BCUT2D eigenvalue weighted by Crippen LogP contribution is 2.15. The Labute approximate surface area is 224 Å². The monoisotopic (exact) mass is 530 g/mol. The van der Waals surface area contributed by atoms with Crippen molar-refractivity contribution in [3.63, 3.8) is 0 Å². The van der Waals surface area contributed by atoms with Gasteiger partial charge in [0.25, 0.3) is 0 Å². The van der Waals surface area contributed by atoms with E-state index in [4.69, 9.17) is 27.8 Å². The standard InChI is InChI=1S/C29H58O6Si/c1-3-4-5-6-7-8-9-10-11-12-13-14-15-16-17-18-29-36(2)34-27-25-32-23-21-30-19-20-31-22-24-33-26-28-35-36/h18,29H,3-17,19-28H2,1-2H3/b29-18+. The Morgan fingerprint density at radius 1 is 0.472 bits per heavy atom. The van der Waals surface area contributed by atoms with Crippen molar-refractivity contribution in [2.75, 3.05) is 66.1 Å². The molecule has 1 saturated heterocycles. The zero-order valence-corrected chi connectivity index (χ0v) is 24.8. The summed E-state index contributed by atoms with van der Waals surface area (Å²) in [4.78, 5) is 0. The van der Waals surface area contributed by atoms with E-state index in [1.165, 1.54) is 89.9 Å². The normalized spacial score (nSPS) is 19.4. The molecule has 0 spiro atoms. The SMILES string of the molecule is CCCCCCCCCCCCCCCC/C=C/[Si]1(C)OCCOCCOCCOCCOCCO1. The van der Waals surface area contributed by atoms with E-state index in [1.54, 1.807) is 0 Å². The maximum absolute atomic E-state index is 6.16. The summed E-state index contributed by atoms with van der Waals surface area (Å²) in [7, 11) is -2.38. The average Bonchev–Trinajstić information content (AvgIpc) is 2.88. The summed E-state index contributed by atoms with van der Waals surface area (Å²) in [5.74, 6) is 0. The van der Waals surface area contributed by atoms with Gasteiger partial charge in [0.2, 0.25) is 0 Å². The molecule has 6 nitrogen and oxygen atoms in total. The number of allylic oxidation sites excluding steroid dienone is 1. The van der Waals surface area contributed by atoms with Crippen molar-refractivity contribution >= 4 is 8.56 Å². The lowest BCUT2D eigenvalue weighted by atomic mass is 10.0. The second-order valence-electron chi connectivity index (χ2n) is 9.95. The summed E-state index contributed by atoms with van der Waals surface area (Å²) in [5.41, 5.74) is 2.19. The van der Waals surface area contributed by atoms with Gasteiger partial charge in [-0.3, -0.25) is 0 Å². The molecule has 1 aliphatic rings. The molecule has 0 atom stereocenters. The Bertz CT molecular complexity index is 459.